The van der Waals surface area contributed by atoms with E-state index < -0.39 is 6.04 Å². The van der Waals surface area contributed by atoms with E-state index in [2.05, 4.69) is 10.3 Å². The molecule has 3 N–H and O–H groups in total. The molecule has 32 heavy (non-hydrogen) atoms. The first-order valence-corrected chi connectivity index (χ1v) is 10.5. The number of benzene rings is 3. The van der Waals surface area contributed by atoms with Gasteiger partial charge in [0.2, 0.25) is 5.91 Å². The summed E-state index contributed by atoms with van der Waals surface area (Å²) in [5.74, 6) is 0.331. The molecule has 0 fully saturated rings. The van der Waals surface area contributed by atoms with E-state index in [1.807, 2.05) is 91.0 Å². The first kappa shape index (κ1) is 21.3. The van der Waals surface area contributed by atoms with E-state index in [1.54, 1.807) is 12.4 Å². The zero-order valence-electron chi connectivity index (χ0n) is 17.6. The smallest absolute Gasteiger partial charge is 0.241 e. The maximum Gasteiger partial charge on any atom is 0.241 e. The fourth-order valence-electron chi connectivity index (χ4n) is 3.40. The van der Waals surface area contributed by atoms with E-state index in [0.717, 1.165) is 22.3 Å². The third-order valence-corrected chi connectivity index (χ3v) is 5.12. The SMILES string of the molecule is NC(Cc1ccccc1)C(=O)Nc1cc(-c2ccncc2)ccc1OCc1ccccc1. The average molecular weight is 424 g/mol. The molecule has 1 heterocycles. The summed E-state index contributed by atoms with van der Waals surface area (Å²) in [6, 6.07) is 28.6. The lowest BCUT2D eigenvalue weighted by molar-refractivity contribution is -0.117. The normalized spacial score (nSPS) is 11.5. The monoisotopic (exact) mass is 423 g/mol. The van der Waals surface area contributed by atoms with Gasteiger partial charge in [0.05, 0.1) is 11.7 Å². The average Bonchev–Trinajstić information content (AvgIpc) is 2.85. The molecule has 1 atom stereocenters. The van der Waals surface area contributed by atoms with Gasteiger partial charge in [0.1, 0.15) is 12.4 Å². The molecule has 1 unspecified atom stereocenters. The summed E-state index contributed by atoms with van der Waals surface area (Å²) in [4.78, 5) is 17.0. The number of carbonyl (C=O) groups excluding carboxylic acids is 1. The molecule has 0 aliphatic carbocycles. The summed E-state index contributed by atoms with van der Waals surface area (Å²) in [7, 11) is 0. The zero-order valence-corrected chi connectivity index (χ0v) is 17.6. The van der Waals surface area contributed by atoms with Gasteiger partial charge in [0.15, 0.2) is 0 Å². The van der Waals surface area contributed by atoms with Gasteiger partial charge in [-0.3, -0.25) is 9.78 Å². The Morgan fingerprint density at radius 1 is 0.844 bits per heavy atom. The van der Waals surface area contributed by atoms with Gasteiger partial charge in [-0.2, -0.15) is 0 Å². The summed E-state index contributed by atoms with van der Waals surface area (Å²) in [5.41, 5.74) is 10.8. The number of amides is 1. The molecule has 5 nitrogen and oxygen atoms in total. The summed E-state index contributed by atoms with van der Waals surface area (Å²) in [6.45, 7) is 0.397. The molecule has 5 heteroatoms. The predicted octanol–water partition coefficient (Wildman–Crippen LogP) is 4.84. The van der Waals surface area contributed by atoms with Crippen LogP contribution in [0.1, 0.15) is 11.1 Å². The fourth-order valence-corrected chi connectivity index (χ4v) is 3.40. The topological polar surface area (TPSA) is 77.2 Å². The Morgan fingerprint density at radius 3 is 2.19 bits per heavy atom. The summed E-state index contributed by atoms with van der Waals surface area (Å²) >= 11 is 0. The lowest BCUT2D eigenvalue weighted by Gasteiger charge is -2.17. The first-order chi connectivity index (χ1) is 15.7. The molecule has 0 radical (unpaired) electrons. The van der Waals surface area contributed by atoms with Crippen LogP contribution in [0.5, 0.6) is 5.75 Å². The summed E-state index contributed by atoms with van der Waals surface area (Å²) in [6.07, 6.45) is 3.93. The largest absolute Gasteiger partial charge is 0.487 e. The third kappa shape index (κ3) is 5.59. The number of hydrogen-bond acceptors (Lipinski definition) is 4. The summed E-state index contributed by atoms with van der Waals surface area (Å²) in [5, 5.41) is 2.97. The van der Waals surface area contributed by atoms with E-state index in [9.17, 15) is 4.79 Å². The maximum absolute atomic E-state index is 12.9. The number of hydrogen-bond donors (Lipinski definition) is 2. The molecule has 1 aromatic heterocycles. The van der Waals surface area contributed by atoms with E-state index in [4.69, 9.17) is 10.5 Å². The standard InChI is InChI=1S/C27H25N3O2/c28-24(17-20-7-3-1-4-8-20)27(31)30-25-18-23(22-13-15-29-16-14-22)11-12-26(25)32-19-21-9-5-2-6-10-21/h1-16,18,24H,17,19,28H2,(H,30,31). The molecular formula is C27H25N3O2. The fraction of sp³-hybridized carbons (Fsp3) is 0.111. The van der Waals surface area contributed by atoms with Crippen molar-refractivity contribution in [2.75, 3.05) is 5.32 Å². The van der Waals surface area contributed by atoms with E-state index in [1.165, 1.54) is 0 Å². The molecule has 1 amide bonds. The Bertz CT molecular complexity index is 1150. The number of rotatable bonds is 8. The zero-order chi connectivity index (χ0) is 22.2. The van der Waals surface area contributed by atoms with Crippen LogP contribution in [0.25, 0.3) is 11.1 Å². The molecule has 0 bridgehead atoms. The molecule has 0 aliphatic rings. The van der Waals surface area contributed by atoms with Crippen LogP contribution in [0.3, 0.4) is 0 Å². The quantitative estimate of drug-likeness (QED) is 0.425. The molecule has 4 rings (SSSR count). The minimum absolute atomic E-state index is 0.259. The van der Waals surface area contributed by atoms with Gasteiger partial charge in [-0.1, -0.05) is 66.7 Å². The molecule has 0 saturated heterocycles. The second kappa shape index (κ2) is 10.4. The van der Waals surface area contributed by atoms with Gasteiger partial charge in [-0.05, 0) is 52.9 Å². The Balaban J connectivity index is 1.55. The van der Waals surface area contributed by atoms with Crippen molar-refractivity contribution in [2.45, 2.75) is 19.1 Å². The van der Waals surface area contributed by atoms with Crippen molar-refractivity contribution in [3.63, 3.8) is 0 Å². The van der Waals surface area contributed by atoms with Crippen LogP contribution in [-0.2, 0) is 17.8 Å². The van der Waals surface area contributed by atoms with Crippen molar-refractivity contribution in [3.05, 3.63) is 115 Å². The minimum atomic E-state index is -0.677. The molecule has 160 valence electrons. The van der Waals surface area contributed by atoms with Gasteiger partial charge >= 0.3 is 0 Å². The number of pyridine rings is 1. The van der Waals surface area contributed by atoms with E-state index >= 15 is 0 Å². The Morgan fingerprint density at radius 2 is 1.50 bits per heavy atom. The highest BCUT2D eigenvalue weighted by Gasteiger charge is 2.17. The second-order valence-electron chi connectivity index (χ2n) is 7.51. The Hall–Kier alpha value is -3.96. The first-order valence-electron chi connectivity index (χ1n) is 10.5. The minimum Gasteiger partial charge on any atom is -0.487 e. The third-order valence-electron chi connectivity index (χ3n) is 5.12. The number of nitrogens with one attached hydrogen (secondary N) is 1. The highest BCUT2D eigenvalue weighted by atomic mass is 16.5. The maximum atomic E-state index is 12.9. The van der Waals surface area contributed by atoms with Gasteiger partial charge < -0.3 is 15.8 Å². The van der Waals surface area contributed by atoms with Crippen molar-refractivity contribution in [3.8, 4) is 16.9 Å². The van der Waals surface area contributed by atoms with Crippen molar-refractivity contribution < 1.29 is 9.53 Å². The van der Waals surface area contributed by atoms with Crippen LogP contribution in [0.15, 0.2) is 103 Å². The highest BCUT2D eigenvalue weighted by molar-refractivity contribution is 5.96. The van der Waals surface area contributed by atoms with Gasteiger partial charge in [0.25, 0.3) is 0 Å². The number of nitrogens with zero attached hydrogens (tertiary/aromatic N) is 1. The number of aromatic nitrogens is 1. The van der Waals surface area contributed by atoms with Crippen LogP contribution < -0.4 is 15.8 Å². The van der Waals surface area contributed by atoms with E-state index in [0.29, 0.717) is 24.5 Å². The van der Waals surface area contributed by atoms with E-state index in [-0.39, 0.29) is 5.91 Å². The molecule has 0 saturated carbocycles. The van der Waals surface area contributed by atoms with Crippen LogP contribution in [-0.4, -0.2) is 16.9 Å². The number of nitrogens with two attached hydrogens (primary N) is 1. The van der Waals surface area contributed by atoms with Crippen LogP contribution in [0.2, 0.25) is 0 Å². The second-order valence-corrected chi connectivity index (χ2v) is 7.51. The molecule has 0 aliphatic heterocycles. The van der Waals surface area contributed by atoms with Crippen LogP contribution in [0, 0.1) is 0 Å². The number of ether oxygens (including phenoxy) is 1. The lowest BCUT2D eigenvalue weighted by atomic mass is 10.0. The summed E-state index contributed by atoms with van der Waals surface area (Å²) < 4.78 is 6.05. The van der Waals surface area contributed by atoms with Crippen LogP contribution >= 0.6 is 0 Å². The molecule has 3 aromatic carbocycles. The number of carbonyl (C=O) groups is 1. The van der Waals surface area contributed by atoms with Crippen molar-refractivity contribution in [1.29, 1.82) is 0 Å². The highest BCUT2D eigenvalue weighted by Crippen LogP contribution is 2.31. The van der Waals surface area contributed by atoms with Gasteiger partial charge in [0, 0.05) is 12.4 Å². The Kier molecular flexibility index (Phi) is 6.90. The lowest BCUT2D eigenvalue weighted by Crippen LogP contribution is -2.37. The molecule has 4 aromatic rings. The molecule has 0 spiro atoms. The van der Waals surface area contributed by atoms with Crippen molar-refractivity contribution in [1.82, 2.24) is 4.98 Å². The van der Waals surface area contributed by atoms with Crippen molar-refractivity contribution in [2.24, 2.45) is 5.73 Å². The van der Waals surface area contributed by atoms with Crippen LogP contribution in [0.4, 0.5) is 5.69 Å². The predicted molar refractivity (Wildman–Crippen MR) is 127 cm³/mol. The Labute approximate surface area is 187 Å². The van der Waals surface area contributed by atoms with Crippen molar-refractivity contribution >= 4 is 11.6 Å². The molecular weight excluding hydrogens is 398 g/mol. The van der Waals surface area contributed by atoms with Gasteiger partial charge in [-0.15, -0.1) is 0 Å². The number of anilines is 1. The van der Waals surface area contributed by atoms with Gasteiger partial charge in [-0.25, -0.2) is 0 Å².